The van der Waals surface area contributed by atoms with Crippen molar-refractivity contribution in [2.75, 3.05) is 17.5 Å². The molecule has 0 unspecified atom stereocenters. The minimum atomic E-state index is -3.74. The maximum absolute atomic E-state index is 12.8. The Labute approximate surface area is 157 Å². The van der Waals surface area contributed by atoms with Gasteiger partial charge in [-0.1, -0.05) is 30.3 Å². The van der Waals surface area contributed by atoms with Crippen LogP contribution in [-0.4, -0.2) is 32.5 Å². The quantitative estimate of drug-likeness (QED) is 0.484. The molecule has 2 heterocycles. The summed E-state index contributed by atoms with van der Waals surface area (Å²) in [6.45, 7) is -0.0955. The number of ether oxygens (including phenoxy) is 1. The Morgan fingerprint density at radius 2 is 1.89 bits per heavy atom. The van der Waals surface area contributed by atoms with Gasteiger partial charge in [0.1, 0.15) is 6.54 Å². The number of anilines is 1. The molecule has 7 heteroatoms. The molecule has 4 rings (SSSR count). The van der Waals surface area contributed by atoms with E-state index in [1.165, 1.54) is 0 Å². The number of benzene rings is 2. The number of hydrogen-bond donors (Lipinski definition) is 0. The van der Waals surface area contributed by atoms with Gasteiger partial charge in [0.2, 0.25) is 0 Å². The van der Waals surface area contributed by atoms with Crippen molar-refractivity contribution in [3.8, 4) is 0 Å². The molecule has 3 aromatic rings. The second kappa shape index (κ2) is 7.00. The Kier molecular flexibility index (Phi) is 4.53. The second-order valence-electron chi connectivity index (χ2n) is 6.33. The van der Waals surface area contributed by atoms with E-state index in [0.29, 0.717) is 17.5 Å². The molecule has 2 aromatic carbocycles. The minimum absolute atomic E-state index is 0.235. The fraction of sp³-hybridized carbons (Fsp3) is 0.200. The number of rotatable bonds is 6. The number of carbonyl (C=O) groups is 1. The number of esters is 1. The fourth-order valence-corrected chi connectivity index (χ4v) is 4.95. The monoisotopic (exact) mass is 382 g/mol. The largest absolute Gasteiger partial charge is 0.464 e. The SMILES string of the molecule is O=C(CN1c2cccc3cccc(c23)S1(=O)=O)OCCCc1cccnc1. The van der Waals surface area contributed by atoms with Gasteiger partial charge in [0.05, 0.1) is 17.2 Å². The van der Waals surface area contributed by atoms with Crippen molar-refractivity contribution in [2.24, 2.45) is 0 Å². The summed E-state index contributed by atoms with van der Waals surface area (Å²) in [5.41, 5.74) is 1.59. The summed E-state index contributed by atoms with van der Waals surface area (Å²) in [6.07, 6.45) is 4.88. The Bertz CT molecular complexity index is 1090. The lowest BCUT2D eigenvalue weighted by molar-refractivity contribution is -0.141. The lowest BCUT2D eigenvalue weighted by Gasteiger charge is -2.17. The van der Waals surface area contributed by atoms with Crippen LogP contribution < -0.4 is 4.31 Å². The first-order chi connectivity index (χ1) is 13.1. The van der Waals surface area contributed by atoms with Crippen molar-refractivity contribution in [1.82, 2.24) is 4.98 Å². The number of aryl methyl sites for hydroxylation is 1. The molecular weight excluding hydrogens is 364 g/mol. The summed E-state index contributed by atoms with van der Waals surface area (Å²) in [7, 11) is -3.74. The fourth-order valence-electron chi connectivity index (χ4n) is 3.30. The average molecular weight is 382 g/mol. The predicted octanol–water partition coefficient (Wildman–Crippen LogP) is 2.92. The van der Waals surface area contributed by atoms with Crippen LogP contribution in [0.3, 0.4) is 0 Å². The van der Waals surface area contributed by atoms with E-state index < -0.39 is 16.0 Å². The Morgan fingerprint density at radius 3 is 2.67 bits per heavy atom. The molecular formula is C20H18N2O4S. The van der Waals surface area contributed by atoms with Crippen molar-refractivity contribution in [1.29, 1.82) is 0 Å². The van der Waals surface area contributed by atoms with Crippen LogP contribution in [0.2, 0.25) is 0 Å². The third-order valence-electron chi connectivity index (χ3n) is 4.55. The van der Waals surface area contributed by atoms with E-state index in [4.69, 9.17) is 4.74 Å². The van der Waals surface area contributed by atoms with Crippen molar-refractivity contribution < 1.29 is 17.9 Å². The van der Waals surface area contributed by atoms with Crippen LogP contribution in [0.4, 0.5) is 5.69 Å². The van der Waals surface area contributed by atoms with Crippen LogP contribution in [0.25, 0.3) is 10.8 Å². The van der Waals surface area contributed by atoms with E-state index in [9.17, 15) is 13.2 Å². The van der Waals surface area contributed by atoms with Gasteiger partial charge in [-0.3, -0.25) is 14.1 Å². The molecule has 138 valence electrons. The van der Waals surface area contributed by atoms with Crippen LogP contribution in [0.1, 0.15) is 12.0 Å². The van der Waals surface area contributed by atoms with Gasteiger partial charge in [-0.2, -0.15) is 0 Å². The number of nitrogens with zero attached hydrogens (tertiary/aromatic N) is 2. The molecule has 6 nitrogen and oxygen atoms in total. The third kappa shape index (κ3) is 3.26. The molecule has 1 aliphatic heterocycles. The van der Waals surface area contributed by atoms with Gasteiger partial charge < -0.3 is 4.74 Å². The highest BCUT2D eigenvalue weighted by atomic mass is 32.2. The minimum Gasteiger partial charge on any atom is -0.464 e. The summed E-state index contributed by atoms with van der Waals surface area (Å²) < 4.78 is 32.0. The molecule has 0 aliphatic carbocycles. The van der Waals surface area contributed by atoms with Crippen molar-refractivity contribution in [3.63, 3.8) is 0 Å². The number of aromatic nitrogens is 1. The Morgan fingerprint density at radius 1 is 1.07 bits per heavy atom. The topological polar surface area (TPSA) is 76.6 Å². The molecule has 27 heavy (non-hydrogen) atoms. The number of hydrogen-bond acceptors (Lipinski definition) is 5. The highest BCUT2D eigenvalue weighted by Crippen LogP contribution is 2.41. The molecule has 1 aromatic heterocycles. The van der Waals surface area contributed by atoms with Crippen LogP contribution in [-0.2, 0) is 26.0 Å². The highest BCUT2D eigenvalue weighted by Gasteiger charge is 2.36. The smallest absolute Gasteiger partial charge is 0.326 e. The summed E-state index contributed by atoms with van der Waals surface area (Å²) in [5.74, 6) is -0.561. The van der Waals surface area contributed by atoms with E-state index >= 15 is 0 Å². The van der Waals surface area contributed by atoms with Crippen LogP contribution >= 0.6 is 0 Å². The molecule has 0 saturated carbocycles. The molecule has 1 aliphatic rings. The highest BCUT2D eigenvalue weighted by molar-refractivity contribution is 7.93. The normalized spacial score (nSPS) is 14.4. The predicted molar refractivity (Wildman–Crippen MR) is 102 cm³/mol. The van der Waals surface area contributed by atoms with Crippen molar-refractivity contribution in [2.45, 2.75) is 17.7 Å². The molecule has 0 radical (unpaired) electrons. The molecule has 0 amide bonds. The standard InChI is InChI=1S/C20H18N2O4S/c23-19(26-12-4-6-15-5-3-11-21-13-15)14-22-17-9-1-7-16-8-2-10-18(20(16)17)27(22,24)25/h1-3,5,7-11,13H,4,6,12,14H2. The van der Waals surface area contributed by atoms with Crippen LogP contribution in [0, 0.1) is 0 Å². The first-order valence-electron chi connectivity index (χ1n) is 8.66. The zero-order chi connectivity index (χ0) is 18.9. The van der Waals surface area contributed by atoms with Crippen LogP contribution in [0.15, 0.2) is 65.8 Å². The maximum atomic E-state index is 12.8. The van der Waals surface area contributed by atoms with Gasteiger partial charge >= 0.3 is 5.97 Å². The molecule has 0 bridgehead atoms. The van der Waals surface area contributed by atoms with Gasteiger partial charge in [0, 0.05) is 17.8 Å². The number of sulfonamides is 1. The third-order valence-corrected chi connectivity index (χ3v) is 6.35. The summed E-state index contributed by atoms with van der Waals surface area (Å²) in [6, 6.07) is 14.3. The summed E-state index contributed by atoms with van der Waals surface area (Å²) in [5, 5.41) is 1.49. The zero-order valence-electron chi connectivity index (χ0n) is 14.5. The first kappa shape index (κ1) is 17.5. The molecule has 0 N–H and O–H groups in total. The van der Waals surface area contributed by atoms with E-state index in [0.717, 1.165) is 21.7 Å². The van der Waals surface area contributed by atoms with E-state index in [1.807, 2.05) is 24.3 Å². The summed E-state index contributed by atoms with van der Waals surface area (Å²) in [4.78, 5) is 16.5. The Hall–Kier alpha value is -2.93. The van der Waals surface area contributed by atoms with Crippen molar-refractivity contribution in [3.05, 3.63) is 66.5 Å². The van der Waals surface area contributed by atoms with Gasteiger partial charge in [-0.05, 0) is 42.0 Å². The second-order valence-corrected chi connectivity index (χ2v) is 8.16. The lowest BCUT2D eigenvalue weighted by atomic mass is 10.1. The number of pyridine rings is 1. The Balaban J connectivity index is 1.42. The zero-order valence-corrected chi connectivity index (χ0v) is 15.4. The van der Waals surface area contributed by atoms with Gasteiger partial charge in [0.25, 0.3) is 10.0 Å². The molecule has 0 fully saturated rings. The lowest BCUT2D eigenvalue weighted by Crippen LogP contribution is -2.33. The van der Waals surface area contributed by atoms with E-state index in [1.54, 1.807) is 36.7 Å². The van der Waals surface area contributed by atoms with Crippen molar-refractivity contribution >= 4 is 32.5 Å². The van der Waals surface area contributed by atoms with Gasteiger partial charge in [-0.25, -0.2) is 8.42 Å². The summed E-state index contributed by atoms with van der Waals surface area (Å²) >= 11 is 0. The molecule has 0 saturated heterocycles. The van der Waals surface area contributed by atoms with E-state index in [-0.39, 0.29) is 18.0 Å². The molecule has 0 spiro atoms. The maximum Gasteiger partial charge on any atom is 0.326 e. The number of carbonyl (C=O) groups excluding carboxylic acids is 1. The van der Waals surface area contributed by atoms with Crippen LogP contribution in [0.5, 0.6) is 0 Å². The average Bonchev–Trinajstić information content (AvgIpc) is 2.90. The van der Waals surface area contributed by atoms with E-state index in [2.05, 4.69) is 4.98 Å². The van der Waals surface area contributed by atoms with Gasteiger partial charge in [0.15, 0.2) is 0 Å². The molecule has 0 atom stereocenters. The van der Waals surface area contributed by atoms with Gasteiger partial charge in [-0.15, -0.1) is 0 Å². The first-order valence-corrected chi connectivity index (χ1v) is 10.1.